The van der Waals surface area contributed by atoms with Gasteiger partial charge >= 0.3 is 7.62 Å². The Morgan fingerprint density at radius 2 is 2.09 bits per heavy atom. The van der Waals surface area contributed by atoms with Gasteiger partial charge in [0.15, 0.2) is 11.4 Å². The van der Waals surface area contributed by atoms with Crippen LogP contribution in [0, 0.1) is 5.92 Å². The molecule has 1 aliphatic heterocycles. The van der Waals surface area contributed by atoms with Gasteiger partial charge in [-0.2, -0.15) is 5.10 Å². The first-order valence-electron chi connectivity index (χ1n) is 10.5. The molecule has 1 saturated heterocycles. The van der Waals surface area contributed by atoms with Crippen molar-refractivity contribution >= 4 is 42.1 Å². The van der Waals surface area contributed by atoms with Crippen molar-refractivity contribution in [3.8, 4) is 5.75 Å². The zero-order valence-electron chi connectivity index (χ0n) is 18.2. The number of nitrogens with zero attached hydrogens (tertiary/aromatic N) is 4. The Balaban J connectivity index is 1.49. The minimum atomic E-state index is -0.292. The average Bonchev–Trinajstić information content (AvgIpc) is 3.23. The zero-order chi connectivity index (χ0) is 22.5. The van der Waals surface area contributed by atoms with Gasteiger partial charge in [-0.05, 0) is 43.5 Å². The maximum absolute atomic E-state index is 13.1. The molecule has 0 saturated carbocycles. The summed E-state index contributed by atoms with van der Waals surface area (Å²) in [7, 11) is 3.81. The predicted molar refractivity (Wildman–Crippen MR) is 126 cm³/mol. The summed E-state index contributed by atoms with van der Waals surface area (Å²) in [6.45, 7) is 2.75. The number of fused-ring (bicyclic) bond motifs is 1. The molecular weight excluding hydrogens is 431 g/mol. The van der Waals surface area contributed by atoms with Crippen molar-refractivity contribution in [1.29, 1.82) is 0 Å². The molecule has 32 heavy (non-hydrogen) atoms. The number of halogens is 1. The maximum Gasteiger partial charge on any atom is 0.360 e. The van der Waals surface area contributed by atoms with E-state index in [1.807, 2.05) is 12.1 Å². The SMILES string of the molecule is COBNCC1CCN(c2ccc(Cl)cc2NC(=O)c2cnn3cc(OC)cnc23)CC1. The van der Waals surface area contributed by atoms with Crippen molar-refractivity contribution in [2.24, 2.45) is 5.92 Å². The van der Waals surface area contributed by atoms with E-state index in [-0.39, 0.29) is 5.91 Å². The van der Waals surface area contributed by atoms with Crippen LogP contribution in [0.1, 0.15) is 23.2 Å². The van der Waals surface area contributed by atoms with Crippen LogP contribution in [0.5, 0.6) is 5.75 Å². The number of amides is 1. The van der Waals surface area contributed by atoms with Crippen molar-refractivity contribution < 1.29 is 14.2 Å². The quantitative estimate of drug-likeness (QED) is 0.397. The second kappa shape index (κ2) is 10.2. The van der Waals surface area contributed by atoms with Crippen LogP contribution in [0.4, 0.5) is 11.4 Å². The number of rotatable bonds is 8. The fourth-order valence-corrected chi connectivity index (χ4v) is 4.11. The molecule has 0 radical (unpaired) electrons. The number of carbonyl (C=O) groups is 1. The first kappa shape index (κ1) is 22.4. The van der Waals surface area contributed by atoms with Gasteiger partial charge in [-0.1, -0.05) is 11.6 Å². The highest BCUT2D eigenvalue weighted by molar-refractivity contribution is 6.31. The average molecular weight is 457 g/mol. The van der Waals surface area contributed by atoms with E-state index in [9.17, 15) is 4.79 Å². The molecular formula is C21H26BClN6O3. The van der Waals surface area contributed by atoms with Crippen molar-refractivity contribution in [3.63, 3.8) is 0 Å². The molecule has 3 heterocycles. The highest BCUT2D eigenvalue weighted by Gasteiger charge is 2.23. The molecule has 0 unspecified atom stereocenters. The summed E-state index contributed by atoms with van der Waals surface area (Å²) in [6.07, 6.45) is 6.86. The van der Waals surface area contributed by atoms with Crippen molar-refractivity contribution in [2.75, 3.05) is 44.1 Å². The van der Waals surface area contributed by atoms with Crippen molar-refractivity contribution in [3.05, 3.63) is 47.4 Å². The minimum Gasteiger partial charge on any atom is -0.494 e. The smallest absolute Gasteiger partial charge is 0.360 e. The molecule has 1 fully saturated rings. The summed E-state index contributed by atoms with van der Waals surface area (Å²) >= 11 is 6.25. The third kappa shape index (κ3) is 4.98. The van der Waals surface area contributed by atoms with Gasteiger partial charge in [-0.3, -0.25) is 4.79 Å². The number of hydrogen-bond acceptors (Lipinski definition) is 7. The lowest BCUT2D eigenvalue weighted by Gasteiger charge is -2.35. The molecule has 0 bridgehead atoms. The zero-order valence-corrected chi connectivity index (χ0v) is 18.9. The Hall–Kier alpha value is -2.82. The minimum absolute atomic E-state index is 0.292. The van der Waals surface area contributed by atoms with Crippen LogP contribution in [0.25, 0.3) is 5.65 Å². The first-order chi connectivity index (χ1) is 15.6. The number of aromatic nitrogens is 3. The molecule has 168 valence electrons. The van der Waals surface area contributed by atoms with Crippen LogP contribution in [-0.2, 0) is 4.65 Å². The summed E-state index contributed by atoms with van der Waals surface area (Å²) in [4.78, 5) is 19.7. The van der Waals surface area contributed by atoms with E-state index < -0.39 is 0 Å². The van der Waals surface area contributed by atoms with Crippen LogP contribution in [0.15, 0.2) is 36.8 Å². The van der Waals surface area contributed by atoms with Crippen molar-refractivity contribution in [2.45, 2.75) is 12.8 Å². The Labute approximate surface area is 192 Å². The number of ether oxygens (including phenoxy) is 1. The van der Waals surface area contributed by atoms with E-state index in [0.717, 1.165) is 38.2 Å². The van der Waals surface area contributed by atoms with Gasteiger partial charge in [-0.15, -0.1) is 0 Å². The highest BCUT2D eigenvalue weighted by atomic mass is 35.5. The molecule has 2 N–H and O–H groups in total. The number of hydrogen-bond donors (Lipinski definition) is 2. The van der Waals surface area contributed by atoms with E-state index in [2.05, 4.69) is 25.5 Å². The van der Waals surface area contributed by atoms with Crippen LogP contribution >= 0.6 is 11.6 Å². The van der Waals surface area contributed by atoms with Crippen LogP contribution in [0.2, 0.25) is 5.02 Å². The number of nitrogens with one attached hydrogen (secondary N) is 2. The van der Waals surface area contributed by atoms with E-state index in [0.29, 0.717) is 41.2 Å². The largest absolute Gasteiger partial charge is 0.494 e. The van der Waals surface area contributed by atoms with Crippen LogP contribution in [0.3, 0.4) is 0 Å². The predicted octanol–water partition coefficient (Wildman–Crippen LogP) is 2.36. The fraction of sp³-hybridized carbons (Fsp3) is 0.381. The number of benzene rings is 1. The van der Waals surface area contributed by atoms with Gasteiger partial charge < -0.3 is 24.8 Å². The van der Waals surface area contributed by atoms with Gasteiger partial charge in [0, 0.05) is 25.2 Å². The normalized spacial score (nSPS) is 14.5. The third-order valence-corrected chi connectivity index (χ3v) is 5.89. The standard InChI is InChI=1S/C21H26BClN6O3/c1-31-16-11-24-20-17(12-26-29(20)13-16)21(30)27-18-9-15(23)3-4-19(18)28-7-5-14(6-8-28)10-25-22-32-2/h3-4,9,11-14,22,25H,5-8,10H2,1-2H3,(H,27,30). The Morgan fingerprint density at radius 3 is 2.84 bits per heavy atom. The molecule has 0 spiro atoms. The summed E-state index contributed by atoms with van der Waals surface area (Å²) in [5.74, 6) is 0.874. The van der Waals surface area contributed by atoms with E-state index in [1.165, 1.54) is 10.7 Å². The fourth-order valence-electron chi connectivity index (χ4n) is 3.94. The third-order valence-electron chi connectivity index (χ3n) is 5.65. The lowest BCUT2D eigenvalue weighted by Crippen LogP contribution is -2.38. The molecule has 11 heteroatoms. The second-order valence-corrected chi connectivity index (χ2v) is 8.19. The molecule has 0 atom stereocenters. The molecule has 4 rings (SSSR count). The summed E-state index contributed by atoms with van der Waals surface area (Å²) in [6, 6.07) is 5.59. The molecule has 3 aromatic rings. The second-order valence-electron chi connectivity index (χ2n) is 7.75. The summed E-state index contributed by atoms with van der Waals surface area (Å²) in [5.41, 5.74) is 2.46. The van der Waals surface area contributed by atoms with Crippen LogP contribution in [-0.4, -0.2) is 62.0 Å². The molecule has 9 nitrogen and oxygen atoms in total. The van der Waals surface area contributed by atoms with E-state index in [1.54, 1.807) is 32.7 Å². The van der Waals surface area contributed by atoms with E-state index in [4.69, 9.17) is 21.0 Å². The van der Waals surface area contributed by atoms with Gasteiger partial charge in [-0.25, -0.2) is 9.50 Å². The summed E-state index contributed by atoms with van der Waals surface area (Å²) < 4.78 is 11.8. The number of anilines is 2. The molecule has 2 aromatic heterocycles. The van der Waals surface area contributed by atoms with Crippen LogP contribution < -0.4 is 20.2 Å². The molecule has 1 aliphatic rings. The molecule has 1 aromatic carbocycles. The van der Waals surface area contributed by atoms with Gasteiger partial charge in [0.05, 0.1) is 37.1 Å². The number of methoxy groups -OCH3 is 1. The Morgan fingerprint density at radius 1 is 1.28 bits per heavy atom. The lowest BCUT2D eigenvalue weighted by atomic mass is 9.95. The van der Waals surface area contributed by atoms with Gasteiger partial charge in [0.1, 0.15) is 5.56 Å². The Kier molecular flexibility index (Phi) is 7.14. The summed E-state index contributed by atoms with van der Waals surface area (Å²) in [5, 5.41) is 11.1. The van der Waals surface area contributed by atoms with E-state index >= 15 is 0 Å². The first-order valence-corrected chi connectivity index (χ1v) is 10.9. The number of carbonyl (C=O) groups excluding carboxylic acids is 1. The lowest BCUT2D eigenvalue weighted by molar-refractivity contribution is 0.102. The Bertz CT molecular complexity index is 1090. The highest BCUT2D eigenvalue weighted by Crippen LogP contribution is 2.32. The monoisotopic (exact) mass is 456 g/mol. The molecule has 1 amide bonds. The van der Waals surface area contributed by atoms with Gasteiger partial charge in [0.25, 0.3) is 5.91 Å². The topological polar surface area (TPSA) is 93.0 Å². The molecule has 0 aliphatic carbocycles. The number of piperidine rings is 1. The maximum atomic E-state index is 13.1. The van der Waals surface area contributed by atoms with Crippen molar-refractivity contribution in [1.82, 2.24) is 19.8 Å². The van der Waals surface area contributed by atoms with Gasteiger partial charge in [0.2, 0.25) is 0 Å².